The molecule has 0 aliphatic rings. The van der Waals surface area contributed by atoms with E-state index in [1.54, 1.807) is 12.1 Å². The summed E-state index contributed by atoms with van der Waals surface area (Å²) in [4.78, 5) is 0. The minimum Gasteiger partial charge on any atom is -0.394 e. The van der Waals surface area contributed by atoms with E-state index < -0.39 is 17.7 Å². The van der Waals surface area contributed by atoms with Crippen LogP contribution in [0.1, 0.15) is 11.6 Å². The first-order valence-corrected chi connectivity index (χ1v) is 6.48. The quantitative estimate of drug-likeness (QED) is 0.893. The molecule has 1 unspecified atom stereocenters. The van der Waals surface area contributed by atoms with Gasteiger partial charge in [0.05, 0.1) is 12.6 Å². The van der Waals surface area contributed by atoms with Crippen molar-refractivity contribution in [3.63, 3.8) is 0 Å². The zero-order valence-electron chi connectivity index (χ0n) is 9.91. The van der Waals surface area contributed by atoms with E-state index in [9.17, 15) is 13.9 Å². The lowest BCUT2D eigenvalue weighted by atomic mass is 10.1. The Morgan fingerprint density at radius 1 is 1.11 bits per heavy atom. The van der Waals surface area contributed by atoms with Gasteiger partial charge in [0.15, 0.2) is 11.6 Å². The van der Waals surface area contributed by atoms with E-state index in [0.717, 1.165) is 10.5 Å². The van der Waals surface area contributed by atoms with Crippen molar-refractivity contribution in [3.05, 3.63) is 64.1 Å². The van der Waals surface area contributed by atoms with Gasteiger partial charge in [-0.15, -0.1) is 0 Å². The maximum Gasteiger partial charge on any atom is 0.164 e. The molecule has 2 aromatic rings. The lowest BCUT2D eigenvalue weighted by Gasteiger charge is -2.18. The predicted molar refractivity (Wildman–Crippen MR) is 73.9 cm³/mol. The van der Waals surface area contributed by atoms with Crippen molar-refractivity contribution < 1.29 is 13.9 Å². The van der Waals surface area contributed by atoms with Crippen LogP contribution in [0.25, 0.3) is 0 Å². The number of hydrogen-bond acceptors (Lipinski definition) is 2. The standard InChI is InChI=1S/C14H12BrF2NO/c15-9-4-6-10(7-5-9)18-13(8-19)11-2-1-3-12(16)14(11)17/h1-7,13,18-19H,8H2. The third-order valence-electron chi connectivity index (χ3n) is 2.72. The Bertz CT molecular complexity index is 560. The summed E-state index contributed by atoms with van der Waals surface area (Å²) in [7, 11) is 0. The van der Waals surface area contributed by atoms with Crippen molar-refractivity contribution >= 4 is 21.6 Å². The van der Waals surface area contributed by atoms with Crippen molar-refractivity contribution in [2.75, 3.05) is 11.9 Å². The molecule has 0 heterocycles. The summed E-state index contributed by atoms with van der Waals surface area (Å²) in [6.45, 7) is -0.337. The highest BCUT2D eigenvalue weighted by atomic mass is 79.9. The number of benzene rings is 2. The van der Waals surface area contributed by atoms with E-state index in [4.69, 9.17) is 0 Å². The summed E-state index contributed by atoms with van der Waals surface area (Å²) < 4.78 is 27.8. The fraction of sp³-hybridized carbons (Fsp3) is 0.143. The summed E-state index contributed by atoms with van der Waals surface area (Å²) in [5.41, 5.74) is 0.816. The summed E-state index contributed by atoms with van der Waals surface area (Å²) in [6, 6.07) is 10.4. The second kappa shape index (κ2) is 6.12. The number of aliphatic hydroxyl groups excluding tert-OH is 1. The van der Waals surface area contributed by atoms with Crippen LogP contribution in [0.15, 0.2) is 46.9 Å². The smallest absolute Gasteiger partial charge is 0.164 e. The number of nitrogens with one attached hydrogen (secondary N) is 1. The topological polar surface area (TPSA) is 32.3 Å². The van der Waals surface area contributed by atoms with E-state index >= 15 is 0 Å². The highest BCUT2D eigenvalue weighted by molar-refractivity contribution is 9.10. The van der Waals surface area contributed by atoms with Crippen LogP contribution in [0.3, 0.4) is 0 Å². The van der Waals surface area contributed by atoms with Crippen LogP contribution < -0.4 is 5.32 Å². The average Bonchev–Trinajstić information content (AvgIpc) is 2.42. The SMILES string of the molecule is OCC(Nc1ccc(Br)cc1)c1cccc(F)c1F. The van der Waals surface area contributed by atoms with Crippen LogP contribution in [0.2, 0.25) is 0 Å². The molecule has 0 aliphatic heterocycles. The molecule has 0 fully saturated rings. The van der Waals surface area contributed by atoms with Gasteiger partial charge >= 0.3 is 0 Å². The van der Waals surface area contributed by atoms with Crippen LogP contribution in [-0.4, -0.2) is 11.7 Å². The minimum atomic E-state index is -0.939. The van der Waals surface area contributed by atoms with Gasteiger partial charge in [0.25, 0.3) is 0 Å². The number of hydrogen-bond donors (Lipinski definition) is 2. The molecule has 0 bridgehead atoms. The largest absolute Gasteiger partial charge is 0.394 e. The van der Waals surface area contributed by atoms with Gasteiger partial charge in [0.2, 0.25) is 0 Å². The van der Waals surface area contributed by atoms with Gasteiger partial charge in [-0.25, -0.2) is 8.78 Å². The van der Waals surface area contributed by atoms with Gasteiger partial charge in [0, 0.05) is 15.7 Å². The molecule has 100 valence electrons. The van der Waals surface area contributed by atoms with Gasteiger partial charge in [-0.05, 0) is 30.3 Å². The second-order valence-corrected chi connectivity index (χ2v) is 4.95. The fourth-order valence-corrected chi connectivity index (χ4v) is 2.02. The Morgan fingerprint density at radius 2 is 1.79 bits per heavy atom. The first-order valence-electron chi connectivity index (χ1n) is 5.68. The van der Waals surface area contributed by atoms with Crippen molar-refractivity contribution in [1.29, 1.82) is 0 Å². The number of rotatable bonds is 4. The van der Waals surface area contributed by atoms with Crippen LogP contribution in [-0.2, 0) is 0 Å². The van der Waals surface area contributed by atoms with Crippen LogP contribution in [0, 0.1) is 11.6 Å². The van der Waals surface area contributed by atoms with Gasteiger partial charge in [-0.2, -0.15) is 0 Å². The second-order valence-electron chi connectivity index (χ2n) is 4.03. The van der Waals surface area contributed by atoms with E-state index in [1.807, 2.05) is 12.1 Å². The van der Waals surface area contributed by atoms with Crippen molar-refractivity contribution in [2.24, 2.45) is 0 Å². The lowest BCUT2D eigenvalue weighted by molar-refractivity contribution is 0.273. The van der Waals surface area contributed by atoms with E-state index in [0.29, 0.717) is 5.69 Å². The van der Waals surface area contributed by atoms with Crippen LogP contribution in [0.4, 0.5) is 14.5 Å². The fourth-order valence-electron chi connectivity index (χ4n) is 1.76. The normalized spacial score (nSPS) is 12.2. The molecule has 19 heavy (non-hydrogen) atoms. The van der Waals surface area contributed by atoms with Gasteiger partial charge in [-0.3, -0.25) is 0 Å². The van der Waals surface area contributed by atoms with E-state index in [2.05, 4.69) is 21.2 Å². The third kappa shape index (κ3) is 3.30. The molecule has 2 nitrogen and oxygen atoms in total. The van der Waals surface area contributed by atoms with Crippen LogP contribution in [0.5, 0.6) is 0 Å². The molecule has 2 N–H and O–H groups in total. The number of aliphatic hydroxyl groups is 1. The average molecular weight is 328 g/mol. The van der Waals surface area contributed by atoms with Crippen molar-refractivity contribution in [1.82, 2.24) is 0 Å². The zero-order chi connectivity index (χ0) is 13.8. The highest BCUT2D eigenvalue weighted by Gasteiger charge is 2.17. The monoisotopic (exact) mass is 327 g/mol. The third-order valence-corrected chi connectivity index (χ3v) is 3.25. The molecule has 1 atom stereocenters. The molecule has 0 saturated carbocycles. The molecule has 0 spiro atoms. The van der Waals surface area contributed by atoms with E-state index in [-0.39, 0.29) is 12.2 Å². The van der Waals surface area contributed by atoms with E-state index in [1.165, 1.54) is 12.1 Å². The first kappa shape index (κ1) is 14.0. The molecule has 2 rings (SSSR count). The minimum absolute atomic E-state index is 0.102. The summed E-state index contributed by atoms with van der Waals surface area (Å²) in [5, 5.41) is 12.3. The van der Waals surface area contributed by atoms with Crippen LogP contribution >= 0.6 is 15.9 Å². The summed E-state index contributed by atoms with van der Waals surface area (Å²) >= 11 is 3.31. The molecule has 0 aromatic heterocycles. The molecule has 0 radical (unpaired) electrons. The lowest BCUT2D eigenvalue weighted by Crippen LogP contribution is -2.16. The Labute approximate surface area is 118 Å². The number of halogens is 3. The maximum absolute atomic E-state index is 13.7. The summed E-state index contributed by atoms with van der Waals surface area (Å²) in [5.74, 6) is -1.86. The molecular weight excluding hydrogens is 316 g/mol. The Hall–Kier alpha value is -1.46. The molecule has 0 amide bonds. The predicted octanol–water partition coefficient (Wildman–Crippen LogP) is 3.87. The van der Waals surface area contributed by atoms with Gasteiger partial charge in [-0.1, -0.05) is 28.1 Å². The first-order chi connectivity index (χ1) is 9.11. The summed E-state index contributed by atoms with van der Waals surface area (Å²) in [6.07, 6.45) is 0. The Balaban J connectivity index is 2.25. The van der Waals surface area contributed by atoms with Gasteiger partial charge in [0.1, 0.15) is 0 Å². The van der Waals surface area contributed by atoms with Crippen molar-refractivity contribution in [3.8, 4) is 0 Å². The molecular formula is C14H12BrF2NO. The molecule has 2 aromatic carbocycles. The zero-order valence-corrected chi connectivity index (χ0v) is 11.5. The molecule has 0 aliphatic carbocycles. The van der Waals surface area contributed by atoms with Crippen molar-refractivity contribution in [2.45, 2.75) is 6.04 Å². The Morgan fingerprint density at radius 3 is 2.42 bits per heavy atom. The van der Waals surface area contributed by atoms with Gasteiger partial charge < -0.3 is 10.4 Å². The maximum atomic E-state index is 13.7. The Kier molecular flexibility index (Phi) is 4.50. The molecule has 0 saturated heterocycles. The highest BCUT2D eigenvalue weighted by Crippen LogP contribution is 2.24. The number of anilines is 1. The molecule has 5 heteroatoms.